The maximum absolute atomic E-state index is 12.7. The van der Waals surface area contributed by atoms with Crippen molar-refractivity contribution in [2.45, 2.75) is 4.90 Å². The molecule has 0 amide bonds. The third-order valence-electron chi connectivity index (χ3n) is 2.97. The Morgan fingerprint density at radius 3 is 2.61 bits per heavy atom. The maximum Gasteiger partial charge on any atom is 0.217 e. The van der Waals surface area contributed by atoms with Crippen LogP contribution >= 0.6 is 31.9 Å². The molecule has 2 aromatic carbocycles. The summed E-state index contributed by atoms with van der Waals surface area (Å²) >= 11 is 6.46. The summed E-state index contributed by atoms with van der Waals surface area (Å²) in [6.07, 6.45) is 1.32. The van der Waals surface area contributed by atoms with E-state index in [1.165, 1.54) is 19.3 Å². The van der Waals surface area contributed by atoms with Crippen molar-refractivity contribution in [3.63, 3.8) is 0 Å². The molecule has 0 atom stereocenters. The molecule has 118 valence electrons. The van der Waals surface area contributed by atoms with Crippen molar-refractivity contribution in [3.05, 3.63) is 61.9 Å². The molecule has 7 heteroatoms. The number of benzene rings is 2. The van der Waals surface area contributed by atoms with Gasteiger partial charge in [0, 0.05) is 8.95 Å². The predicted octanol–water partition coefficient (Wildman–Crippen LogP) is 4.56. The summed E-state index contributed by atoms with van der Waals surface area (Å²) in [4.78, 5) is -0.313. The van der Waals surface area contributed by atoms with Crippen molar-refractivity contribution in [1.29, 1.82) is 5.26 Å². The van der Waals surface area contributed by atoms with Crippen LogP contribution < -0.4 is 4.74 Å². The zero-order chi connectivity index (χ0) is 17.0. The second-order valence-electron chi connectivity index (χ2n) is 4.48. The van der Waals surface area contributed by atoms with Crippen molar-refractivity contribution in [2.75, 3.05) is 7.11 Å². The Kier molecular flexibility index (Phi) is 5.63. The lowest BCUT2D eigenvalue weighted by atomic mass is 10.2. The summed E-state index contributed by atoms with van der Waals surface area (Å²) in [5.41, 5.74) is 0.565. The molecular formula is C16H11Br2NO3S. The first-order valence-corrected chi connectivity index (χ1v) is 9.41. The third kappa shape index (κ3) is 4.02. The Hall–Kier alpha value is -1.62. The second kappa shape index (κ2) is 7.30. The SMILES string of the molecule is COc1cccc(/C=C(\C#N)S(=O)(=O)c2cc(Br)ccc2Br)c1. The van der Waals surface area contributed by atoms with Crippen molar-refractivity contribution >= 4 is 47.8 Å². The number of nitriles is 1. The van der Waals surface area contributed by atoms with Crippen molar-refractivity contribution < 1.29 is 13.2 Å². The number of hydrogen-bond donors (Lipinski definition) is 0. The zero-order valence-corrected chi connectivity index (χ0v) is 15.9. The fourth-order valence-electron chi connectivity index (χ4n) is 1.85. The smallest absolute Gasteiger partial charge is 0.217 e. The first-order chi connectivity index (χ1) is 10.9. The average Bonchev–Trinajstić information content (AvgIpc) is 2.54. The topological polar surface area (TPSA) is 67.2 Å². The van der Waals surface area contributed by atoms with Crippen LogP contribution in [-0.4, -0.2) is 15.5 Å². The Morgan fingerprint density at radius 2 is 1.96 bits per heavy atom. The second-order valence-corrected chi connectivity index (χ2v) is 8.13. The van der Waals surface area contributed by atoms with Crippen LogP contribution in [0.3, 0.4) is 0 Å². The highest BCUT2D eigenvalue weighted by atomic mass is 79.9. The van der Waals surface area contributed by atoms with Crippen LogP contribution in [-0.2, 0) is 9.84 Å². The highest BCUT2D eigenvalue weighted by Gasteiger charge is 2.23. The lowest BCUT2D eigenvalue weighted by molar-refractivity contribution is 0.414. The number of nitrogens with zero attached hydrogens (tertiary/aromatic N) is 1. The highest BCUT2D eigenvalue weighted by molar-refractivity contribution is 9.11. The number of halogens is 2. The van der Waals surface area contributed by atoms with E-state index in [1.54, 1.807) is 42.5 Å². The van der Waals surface area contributed by atoms with E-state index >= 15 is 0 Å². The van der Waals surface area contributed by atoms with E-state index in [0.717, 1.165) is 0 Å². The average molecular weight is 457 g/mol. The molecule has 0 unspecified atom stereocenters. The fraction of sp³-hybridized carbons (Fsp3) is 0.0625. The number of allylic oxidation sites excluding steroid dienone is 1. The molecule has 0 aliphatic heterocycles. The van der Waals surface area contributed by atoms with Gasteiger partial charge in [0.1, 0.15) is 16.7 Å². The lowest BCUT2D eigenvalue weighted by Crippen LogP contribution is -2.04. The number of rotatable bonds is 4. The van der Waals surface area contributed by atoms with E-state index in [-0.39, 0.29) is 9.80 Å². The van der Waals surface area contributed by atoms with Crippen LogP contribution in [0.4, 0.5) is 0 Å². The van der Waals surface area contributed by atoms with Gasteiger partial charge < -0.3 is 4.74 Å². The molecule has 0 aliphatic carbocycles. The van der Waals surface area contributed by atoms with Crippen LogP contribution in [0, 0.1) is 11.3 Å². The predicted molar refractivity (Wildman–Crippen MR) is 95.6 cm³/mol. The minimum atomic E-state index is -3.94. The molecule has 0 N–H and O–H groups in total. The standard InChI is InChI=1S/C16H11Br2NO3S/c1-22-13-4-2-3-11(7-13)8-14(10-19)23(20,21)16-9-12(17)5-6-15(16)18/h2-9H,1H3/b14-8+. The Labute approximate surface area is 151 Å². The molecule has 0 fully saturated rings. The van der Waals surface area contributed by atoms with Crippen molar-refractivity contribution in [3.8, 4) is 11.8 Å². The Balaban J connectivity index is 2.57. The molecule has 0 spiro atoms. The summed E-state index contributed by atoms with van der Waals surface area (Å²) in [5.74, 6) is 0.581. The number of sulfone groups is 1. The van der Waals surface area contributed by atoms with E-state index in [9.17, 15) is 13.7 Å². The van der Waals surface area contributed by atoms with Gasteiger partial charge in [-0.15, -0.1) is 0 Å². The van der Waals surface area contributed by atoms with Crippen molar-refractivity contribution in [1.82, 2.24) is 0 Å². The summed E-state index contributed by atoms with van der Waals surface area (Å²) in [6, 6.07) is 13.4. The summed E-state index contributed by atoms with van der Waals surface area (Å²) < 4.78 is 31.5. The van der Waals surface area contributed by atoms with E-state index < -0.39 is 9.84 Å². The summed E-state index contributed by atoms with van der Waals surface area (Å²) in [5, 5.41) is 9.32. The largest absolute Gasteiger partial charge is 0.497 e. The quantitative estimate of drug-likeness (QED) is 0.632. The maximum atomic E-state index is 12.7. The van der Waals surface area contributed by atoms with Crippen LogP contribution in [0.15, 0.2) is 61.2 Å². The van der Waals surface area contributed by atoms with E-state index in [4.69, 9.17) is 4.74 Å². The molecule has 0 bridgehead atoms. The lowest BCUT2D eigenvalue weighted by Gasteiger charge is -2.07. The van der Waals surface area contributed by atoms with Gasteiger partial charge in [-0.2, -0.15) is 5.26 Å². The van der Waals surface area contributed by atoms with E-state index in [1.807, 2.05) is 0 Å². The zero-order valence-electron chi connectivity index (χ0n) is 12.0. The van der Waals surface area contributed by atoms with Crippen molar-refractivity contribution in [2.24, 2.45) is 0 Å². The summed E-state index contributed by atoms with van der Waals surface area (Å²) in [6.45, 7) is 0. The monoisotopic (exact) mass is 455 g/mol. The van der Waals surface area contributed by atoms with Crippen LogP contribution in [0.25, 0.3) is 6.08 Å². The number of hydrogen-bond acceptors (Lipinski definition) is 4. The molecule has 2 aromatic rings. The molecular weight excluding hydrogens is 446 g/mol. The molecule has 0 saturated carbocycles. The van der Waals surface area contributed by atoms with Gasteiger partial charge in [0.05, 0.1) is 12.0 Å². The van der Waals surface area contributed by atoms with Gasteiger partial charge >= 0.3 is 0 Å². The number of ether oxygens (including phenoxy) is 1. The van der Waals surface area contributed by atoms with E-state index in [0.29, 0.717) is 20.3 Å². The molecule has 0 aliphatic rings. The molecule has 0 saturated heterocycles. The van der Waals surface area contributed by atoms with Gasteiger partial charge in [-0.3, -0.25) is 0 Å². The van der Waals surface area contributed by atoms with Gasteiger partial charge in [0.15, 0.2) is 0 Å². The van der Waals surface area contributed by atoms with Gasteiger partial charge in [0.25, 0.3) is 0 Å². The molecule has 0 heterocycles. The minimum absolute atomic E-state index is 0.0302. The van der Waals surface area contributed by atoms with Gasteiger partial charge in [0.2, 0.25) is 9.84 Å². The summed E-state index contributed by atoms with van der Waals surface area (Å²) in [7, 11) is -2.42. The van der Waals surface area contributed by atoms with Crippen LogP contribution in [0.1, 0.15) is 5.56 Å². The van der Waals surface area contributed by atoms with E-state index in [2.05, 4.69) is 31.9 Å². The third-order valence-corrected chi connectivity index (χ3v) is 6.13. The number of methoxy groups -OCH3 is 1. The molecule has 23 heavy (non-hydrogen) atoms. The first-order valence-electron chi connectivity index (χ1n) is 6.34. The van der Waals surface area contributed by atoms with Gasteiger partial charge in [-0.05, 0) is 57.9 Å². The van der Waals surface area contributed by atoms with Crippen LogP contribution in [0.5, 0.6) is 5.75 Å². The Morgan fingerprint density at radius 1 is 1.22 bits per heavy atom. The van der Waals surface area contributed by atoms with Crippen LogP contribution in [0.2, 0.25) is 0 Å². The molecule has 0 radical (unpaired) electrons. The molecule has 4 nitrogen and oxygen atoms in total. The van der Waals surface area contributed by atoms with Gasteiger partial charge in [-0.25, -0.2) is 8.42 Å². The Bertz CT molecular complexity index is 915. The van der Waals surface area contributed by atoms with Gasteiger partial charge in [-0.1, -0.05) is 28.1 Å². The molecule has 2 rings (SSSR count). The normalized spacial score (nSPS) is 11.8. The minimum Gasteiger partial charge on any atom is -0.497 e. The first kappa shape index (κ1) is 17.7. The molecule has 0 aromatic heterocycles. The fourth-order valence-corrected chi connectivity index (χ4v) is 4.51. The highest BCUT2D eigenvalue weighted by Crippen LogP contribution is 2.30.